The Morgan fingerprint density at radius 1 is 1.11 bits per heavy atom. The molecule has 104 valence electrons. The number of aryl methyl sites for hydroxylation is 1. The molecular formula is C15H24N4. The summed E-state index contributed by atoms with van der Waals surface area (Å²) in [5.74, 6) is 12.1. The summed E-state index contributed by atoms with van der Waals surface area (Å²) in [6.07, 6.45) is 7.94. The van der Waals surface area contributed by atoms with E-state index in [-0.39, 0.29) is 0 Å². The third-order valence-corrected chi connectivity index (χ3v) is 5.91. The largest absolute Gasteiger partial charge is 0.382 e. The molecule has 0 amide bonds. The van der Waals surface area contributed by atoms with Gasteiger partial charge < -0.3 is 11.6 Å². The minimum absolute atomic E-state index is 0.570. The van der Waals surface area contributed by atoms with Crippen molar-refractivity contribution in [1.29, 1.82) is 0 Å². The number of nitrogens with zero attached hydrogens (tertiary/aromatic N) is 2. The van der Waals surface area contributed by atoms with Gasteiger partial charge in [-0.1, -0.05) is 6.92 Å². The second kappa shape index (κ2) is 3.90. The van der Waals surface area contributed by atoms with E-state index in [4.69, 9.17) is 16.6 Å². The lowest BCUT2D eigenvalue weighted by atomic mass is 9.51. The van der Waals surface area contributed by atoms with Crippen molar-refractivity contribution < 1.29 is 0 Å². The van der Waals surface area contributed by atoms with Crippen molar-refractivity contribution >= 4 is 5.82 Å². The van der Waals surface area contributed by atoms with Crippen molar-refractivity contribution in [2.24, 2.45) is 23.7 Å². The van der Waals surface area contributed by atoms with Crippen LogP contribution in [-0.2, 0) is 6.42 Å². The summed E-state index contributed by atoms with van der Waals surface area (Å²) in [5.41, 5.74) is 7.06. The van der Waals surface area contributed by atoms with Crippen LogP contribution in [0.25, 0.3) is 0 Å². The summed E-state index contributed by atoms with van der Waals surface area (Å²) in [5, 5.41) is 0. The van der Waals surface area contributed by atoms with Gasteiger partial charge >= 0.3 is 0 Å². The van der Waals surface area contributed by atoms with E-state index in [1.807, 2.05) is 0 Å². The van der Waals surface area contributed by atoms with E-state index in [0.29, 0.717) is 11.7 Å². The molecule has 4 aliphatic carbocycles. The molecule has 0 saturated heterocycles. The molecule has 0 spiro atoms. The zero-order valence-electron chi connectivity index (χ0n) is 11.7. The standard InChI is InChI=1S/C15H24N4/c1-2-12-14(16)19(17)15(18-12)13-10-4-8-3-9(6-10)7-11(13)5-8/h8-11,13H,2-7,16-17H2,1H3. The first-order valence-corrected chi connectivity index (χ1v) is 7.79. The van der Waals surface area contributed by atoms with Gasteiger partial charge in [-0.25, -0.2) is 9.66 Å². The molecule has 4 heteroatoms. The minimum atomic E-state index is 0.570. The topological polar surface area (TPSA) is 69.9 Å². The Morgan fingerprint density at radius 2 is 1.68 bits per heavy atom. The number of hydrogen-bond donors (Lipinski definition) is 2. The minimum Gasteiger partial charge on any atom is -0.382 e. The lowest BCUT2D eigenvalue weighted by Crippen LogP contribution is -2.45. The van der Waals surface area contributed by atoms with Gasteiger partial charge in [-0.05, 0) is 62.2 Å². The fraction of sp³-hybridized carbons (Fsp3) is 0.800. The molecule has 4 saturated carbocycles. The number of imidazole rings is 1. The van der Waals surface area contributed by atoms with Gasteiger partial charge in [0.2, 0.25) is 0 Å². The Hall–Kier alpha value is -1.19. The van der Waals surface area contributed by atoms with Crippen LogP contribution in [0.1, 0.15) is 56.5 Å². The molecule has 5 rings (SSSR count). The van der Waals surface area contributed by atoms with Crippen molar-refractivity contribution in [2.45, 2.75) is 51.4 Å². The van der Waals surface area contributed by atoms with Crippen LogP contribution in [0.15, 0.2) is 0 Å². The summed E-state index contributed by atoms with van der Waals surface area (Å²) in [4.78, 5) is 4.79. The van der Waals surface area contributed by atoms with Crippen molar-refractivity contribution in [2.75, 3.05) is 11.6 Å². The Bertz CT molecular complexity index is 476. The average Bonchev–Trinajstić information content (AvgIpc) is 2.66. The molecule has 19 heavy (non-hydrogen) atoms. The van der Waals surface area contributed by atoms with Gasteiger partial charge in [0.25, 0.3) is 0 Å². The monoisotopic (exact) mass is 260 g/mol. The Kier molecular flexibility index (Phi) is 2.39. The van der Waals surface area contributed by atoms with Crippen LogP contribution >= 0.6 is 0 Å². The molecular weight excluding hydrogens is 236 g/mol. The third kappa shape index (κ3) is 1.55. The summed E-state index contributed by atoms with van der Waals surface area (Å²) in [6, 6.07) is 0. The predicted octanol–water partition coefficient (Wildman–Crippen LogP) is 2.28. The zero-order valence-corrected chi connectivity index (χ0v) is 11.7. The van der Waals surface area contributed by atoms with Crippen molar-refractivity contribution in [3.05, 3.63) is 11.5 Å². The van der Waals surface area contributed by atoms with Crippen LogP contribution in [0, 0.1) is 23.7 Å². The quantitative estimate of drug-likeness (QED) is 0.801. The van der Waals surface area contributed by atoms with Gasteiger partial charge in [0.15, 0.2) is 0 Å². The maximum atomic E-state index is 6.19. The van der Waals surface area contributed by atoms with Crippen LogP contribution in [0.3, 0.4) is 0 Å². The van der Waals surface area contributed by atoms with E-state index in [1.165, 1.54) is 32.1 Å². The SMILES string of the molecule is CCc1nc(C2C3CC4CC(C3)CC2C4)n(N)c1N. The summed E-state index contributed by atoms with van der Waals surface area (Å²) < 4.78 is 1.69. The smallest absolute Gasteiger partial charge is 0.145 e. The number of rotatable bonds is 2. The fourth-order valence-corrected chi connectivity index (χ4v) is 5.35. The highest BCUT2D eigenvalue weighted by molar-refractivity contribution is 5.39. The number of anilines is 1. The summed E-state index contributed by atoms with van der Waals surface area (Å²) in [7, 11) is 0. The van der Waals surface area contributed by atoms with Crippen LogP contribution in [0.4, 0.5) is 5.82 Å². The van der Waals surface area contributed by atoms with E-state index >= 15 is 0 Å². The molecule has 1 heterocycles. The molecule has 0 atom stereocenters. The van der Waals surface area contributed by atoms with E-state index < -0.39 is 0 Å². The fourth-order valence-electron chi connectivity index (χ4n) is 5.35. The van der Waals surface area contributed by atoms with E-state index in [2.05, 4.69) is 6.92 Å². The average molecular weight is 260 g/mol. The normalized spacial score (nSPS) is 39.9. The van der Waals surface area contributed by atoms with Crippen molar-refractivity contribution in [1.82, 2.24) is 9.66 Å². The molecule has 4 fully saturated rings. The number of hydrogen-bond acceptors (Lipinski definition) is 3. The molecule has 4 N–H and O–H groups in total. The van der Waals surface area contributed by atoms with E-state index in [0.717, 1.165) is 41.6 Å². The van der Waals surface area contributed by atoms with E-state index in [1.54, 1.807) is 4.68 Å². The molecule has 4 aliphatic rings. The first-order chi connectivity index (χ1) is 9.17. The highest BCUT2D eigenvalue weighted by Crippen LogP contribution is 2.59. The van der Waals surface area contributed by atoms with Crippen LogP contribution < -0.4 is 11.6 Å². The molecule has 4 bridgehead atoms. The number of aromatic nitrogens is 2. The second-order valence-corrected chi connectivity index (χ2v) is 6.98. The predicted molar refractivity (Wildman–Crippen MR) is 76.0 cm³/mol. The summed E-state index contributed by atoms with van der Waals surface area (Å²) >= 11 is 0. The van der Waals surface area contributed by atoms with Crippen LogP contribution in [0.2, 0.25) is 0 Å². The van der Waals surface area contributed by atoms with Gasteiger partial charge in [0.05, 0.1) is 5.69 Å². The van der Waals surface area contributed by atoms with Gasteiger partial charge in [-0.3, -0.25) is 0 Å². The van der Waals surface area contributed by atoms with Crippen LogP contribution in [-0.4, -0.2) is 9.66 Å². The van der Waals surface area contributed by atoms with E-state index in [9.17, 15) is 0 Å². The maximum Gasteiger partial charge on any atom is 0.145 e. The Morgan fingerprint density at radius 3 is 2.16 bits per heavy atom. The first kappa shape index (κ1) is 11.6. The van der Waals surface area contributed by atoms with Gasteiger partial charge in [0, 0.05) is 5.92 Å². The van der Waals surface area contributed by atoms with Crippen LogP contribution in [0.5, 0.6) is 0 Å². The molecule has 4 nitrogen and oxygen atoms in total. The first-order valence-electron chi connectivity index (χ1n) is 7.79. The molecule has 1 aromatic heterocycles. The molecule has 0 radical (unpaired) electrons. The maximum absolute atomic E-state index is 6.19. The van der Waals surface area contributed by atoms with Gasteiger partial charge in [-0.2, -0.15) is 0 Å². The van der Waals surface area contributed by atoms with Gasteiger partial charge in [0.1, 0.15) is 11.6 Å². The zero-order chi connectivity index (χ0) is 13.1. The Labute approximate surface area is 114 Å². The lowest BCUT2D eigenvalue weighted by Gasteiger charge is -2.54. The van der Waals surface area contributed by atoms with Gasteiger partial charge in [-0.15, -0.1) is 0 Å². The summed E-state index contributed by atoms with van der Waals surface area (Å²) in [6.45, 7) is 2.10. The third-order valence-electron chi connectivity index (χ3n) is 5.91. The lowest BCUT2D eigenvalue weighted by molar-refractivity contribution is -0.00625. The van der Waals surface area contributed by atoms with Crippen molar-refractivity contribution in [3.63, 3.8) is 0 Å². The highest BCUT2D eigenvalue weighted by atomic mass is 15.4. The highest BCUT2D eigenvalue weighted by Gasteiger charge is 2.50. The molecule has 0 unspecified atom stereocenters. The number of nitrogen functional groups attached to an aromatic ring is 2. The number of nitrogens with two attached hydrogens (primary N) is 2. The molecule has 0 aromatic carbocycles. The van der Waals surface area contributed by atoms with Crippen molar-refractivity contribution in [3.8, 4) is 0 Å². The molecule has 1 aromatic rings. The second-order valence-electron chi connectivity index (χ2n) is 6.98. The Balaban J connectivity index is 1.73. The molecule has 0 aliphatic heterocycles.